The first-order chi connectivity index (χ1) is 12.9. The van der Waals surface area contributed by atoms with E-state index in [-0.39, 0.29) is 37.0 Å². The number of carbonyl (C=O) groups excluding carboxylic acids is 3. The average molecular weight is 379 g/mol. The highest BCUT2D eigenvalue weighted by Gasteiger charge is 2.25. The van der Waals surface area contributed by atoms with Crippen molar-refractivity contribution in [3.05, 3.63) is 35.6 Å². The minimum Gasteiger partial charge on any atom is -0.450 e. The molecule has 0 saturated carbocycles. The summed E-state index contributed by atoms with van der Waals surface area (Å²) in [5, 5.41) is 2.89. The molecule has 0 spiro atoms. The zero-order chi connectivity index (χ0) is 19.8. The fourth-order valence-corrected chi connectivity index (χ4v) is 2.98. The van der Waals surface area contributed by atoms with Crippen LogP contribution in [-0.2, 0) is 20.9 Å². The molecule has 1 N–H and O–H groups in total. The van der Waals surface area contributed by atoms with Gasteiger partial charge in [0.05, 0.1) is 13.2 Å². The van der Waals surface area contributed by atoms with E-state index in [0.29, 0.717) is 38.1 Å². The number of nitrogens with zero attached hydrogens (tertiary/aromatic N) is 2. The van der Waals surface area contributed by atoms with Crippen LogP contribution in [0.1, 0.15) is 32.3 Å². The third-order valence-electron chi connectivity index (χ3n) is 4.48. The molecule has 1 fully saturated rings. The Labute approximate surface area is 158 Å². The van der Waals surface area contributed by atoms with Crippen LogP contribution in [0, 0.1) is 5.82 Å². The molecule has 0 aliphatic carbocycles. The Bertz CT molecular complexity index is 675. The Morgan fingerprint density at radius 1 is 1.26 bits per heavy atom. The van der Waals surface area contributed by atoms with Crippen molar-refractivity contribution in [2.45, 2.75) is 39.3 Å². The molecule has 0 unspecified atom stereocenters. The molecule has 8 heteroatoms. The molecule has 1 heterocycles. The molecule has 1 aromatic rings. The zero-order valence-corrected chi connectivity index (χ0v) is 15.7. The van der Waals surface area contributed by atoms with Crippen LogP contribution in [0.25, 0.3) is 0 Å². The number of carbonyl (C=O) groups is 3. The number of hydrogen-bond donors (Lipinski definition) is 1. The lowest BCUT2D eigenvalue weighted by Crippen LogP contribution is -2.49. The van der Waals surface area contributed by atoms with Gasteiger partial charge in [0.2, 0.25) is 11.8 Å². The molecule has 0 atom stereocenters. The molecule has 0 radical (unpaired) electrons. The van der Waals surface area contributed by atoms with Crippen LogP contribution < -0.4 is 5.32 Å². The highest BCUT2D eigenvalue weighted by Crippen LogP contribution is 2.13. The standard InChI is InChI=1S/C19H26FN3O4/c1-3-27-19(26)22-10-8-16(9-11-22)21-18(25)13-23(14(2)24)12-15-6-4-5-7-17(15)20/h4-7,16H,3,8-13H2,1-2H3,(H,21,25). The fraction of sp³-hybridized carbons (Fsp3) is 0.526. The summed E-state index contributed by atoms with van der Waals surface area (Å²) in [6.45, 7) is 4.36. The molecule has 0 aromatic heterocycles. The van der Waals surface area contributed by atoms with Crippen molar-refractivity contribution in [2.24, 2.45) is 0 Å². The molecule has 148 valence electrons. The molecule has 1 aromatic carbocycles. The van der Waals surface area contributed by atoms with E-state index in [1.807, 2.05) is 0 Å². The summed E-state index contributed by atoms with van der Waals surface area (Å²) in [6.07, 6.45) is 0.908. The summed E-state index contributed by atoms with van der Waals surface area (Å²) in [5.74, 6) is -1.00. The van der Waals surface area contributed by atoms with Crippen LogP contribution in [0.2, 0.25) is 0 Å². The van der Waals surface area contributed by atoms with Crippen molar-refractivity contribution >= 4 is 17.9 Å². The summed E-state index contributed by atoms with van der Waals surface area (Å²) in [7, 11) is 0. The maximum absolute atomic E-state index is 13.8. The van der Waals surface area contributed by atoms with Gasteiger partial charge in [0.15, 0.2) is 0 Å². The van der Waals surface area contributed by atoms with E-state index >= 15 is 0 Å². The second-order valence-electron chi connectivity index (χ2n) is 6.49. The number of piperidine rings is 1. The second kappa shape index (κ2) is 9.89. The summed E-state index contributed by atoms with van der Waals surface area (Å²) < 4.78 is 18.8. The average Bonchev–Trinajstić information content (AvgIpc) is 2.63. The lowest BCUT2D eigenvalue weighted by atomic mass is 10.1. The highest BCUT2D eigenvalue weighted by molar-refractivity contribution is 5.84. The number of halogens is 1. The van der Waals surface area contributed by atoms with Crippen LogP contribution in [-0.4, -0.2) is 60.0 Å². The minimum atomic E-state index is -0.407. The molecule has 7 nitrogen and oxygen atoms in total. The maximum Gasteiger partial charge on any atom is 0.409 e. The first kappa shape index (κ1) is 20.7. The number of amides is 3. The number of hydrogen-bond acceptors (Lipinski definition) is 4. The van der Waals surface area contributed by atoms with Crippen LogP contribution in [0.5, 0.6) is 0 Å². The first-order valence-corrected chi connectivity index (χ1v) is 9.10. The summed E-state index contributed by atoms with van der Waals surface area (Å²) in [5.41, 5.74) is 0.364. The van der Waals surface area contributed by atoms with E-state index in [2.05, 4.69) is 5.32 Å². The van der Waals surface area contributed by atoms with E-state index in [0.717, 1.165) is 0 Å². The normalized spacial score (nSPS) is 14.6. The van der Waals surface area contributed by atoms with Crippen molar-refractivity contribution in [1.29, 1.82) is 0 Å². The van der Waals surface area contributed by atoms with Crippen molar-refractivity contribution in [3.63, 3.8) is 0 Å². The van der Waals surface area contributed by atoms with E-state index in [1.54, 1.807) is 30.0 Å². The Balaban J connectivity index is 1.84. The summed E-state index contributed by atoms with van der Waals surface area (Å²) in [6, 6.07) is 6.12. The van der Waals surface area contributed by atoms with Crippen molar-refractivity contribution < 1.29 is 23.5 Å². The smallest absolute Gasteiger partial charge is 0.409 e. The first-order valence-electron chi connectivity index (χ1n) is 9.10. The number of benzene rings is 1. The molecule has 0 bridgehead atoms. The van der Waals surface area contributed by atoms with E-state index in [4.69, 9.17) is 4.74 Å². The van der Waals surface area contributed by atoms with Gasteiger partial charge in [0.25, 0.3) is 0 Å². The second-order valence-corrected chi connectivity index (χ2v) is 6.49. The Morgan fingerprint density at radius 2 is 1.93 bits per heavy atom. The van der Waals surface area contributed by atoms with Gasteiger partial charge in [-0.25, -0.2) is 9.18 Å². The van der Waals surface area contributed by atoms with Crippen LogP contribution >= 0.6 is 0 Å². The SMILES string of the molecule is CCOC(=O)N1CCC(NC(=O)CN(Cc2ccccc2F)C(C)=O)CC1. The number of ether oxygens (including phenoxy) is 1. The van der Waals surface area contributed by atoms with Gasteiger partial charge < -0.3 is 19.9 Å². The molecular weight excluding hydrogens is 353 g/mol. The summed E-state index contributed by atoms with van der Waals surface area (Å²) >= 11 is 0. The Kier molecular flexibility index (Phi) is 7.57. The van der Waals surface area contributed by atoms with Gasteiger partial charge in [-0.15, -0.1) is 0 Å². The molecular formula is C19H26FN3O4. The fourth-order valence-electron chi connectivity index (χ4n) is 2.98. The largest absolute Gasteiger partial charge is 0.450 e. The van der Waals surface area contributed by atoms with E-state index < -0.39 is 5.82 Å². The maximum atomic E-state index is 13.8. The zero-order valence-electron chi connectivity index (χ0n) is 15.7. The predicted octanol–water partition coefficient (Wildman–Crippen LogP) is 1.91. The van der Waals surface area contributed by atoms with Crippen molar-refractivity contribution in [3.8, 4) is 0 Å². The van der Waals surface area contributed by atoms with Gasteiger partial charge in [0.1, 0.15) is 5.82 Å². The van der Waals surface area contributed by atoms with Gasteiger partial charge in [-0.2, -0.15) is 0 Å². The quantitative estimate of drug-likeness (QED) is 0.819. The van der Waals surface area contributed by atoms with Gasteiger partial charge >= 0.3 is 6.09 Å². The van der Waals surface area contributed by atoms with Crippen LogP contribution in [0.3, 0.4) is 0 Å². The van der Waals surface area contributed by atoms with Crippen LogP contribution in [0.4, 0.5) is 9.18 Å². The lowest BCUT2D eigenvalue weighted by Gasteiger charge is -2.32. The van der Waals surface area contributed by atoms with Crippen molar-refractivity contribution in [1.82, 2.24) is 15.1 Å². The third kappa shape index (κ3) is 6.23. The van der Waals surface area contributed by atoms with E-state index in [1.165, 1.54) is 17.9 Å². The number of nitrogens with one attached hydrogen (secondary N) is 1. The molecule has 27 heavy (non-hydrogen) atoms. The van der Waals surface area contributed by atoms with Gasteiger partial charge in [0, 0.05) is 38.2 Å². The van der Waals surface area contributed by atoms with Gasteiger partial charge in [-0.05, 0) is 25.8 Å². The third-order valence-corrected chi connectivity index (χ3v) is 4.48. The van der Waals surface area contributed by atoms with Gasteiger partial charge in [-0.1, -0.05) is 18.2 Å². The van der Waals surface area contributed by atoms with Crippen LogP contribution in [0.15, 0.2) is 24.3 Å². The number of likely N-dealkylation sites (tertiary alicyclic amines) is 1. The van der Waals surface area contributed by atoms with Gasteiger partial charge in [-0.3, -0.25) is 9.59 Å². The summed E-state index contributed by atoms with van der Waals surface area (Å²) in [4.78, 5) is 38.8. The Hall–Kier alpha value is -2.64. The lowest BCUT2D eigenvalue weighted by molar-refractivity contribution is -0.135. The molecule has 1 aliphatic rings. The molecule has 1 saturated heterocycles. The highest BCUT2D eigenvalue weighted by atomic mass is 19.1. The molecule has 2 rings (SSSR count). The Morgan fingerprint density at radius 3 is 2.52 bits per heavy atom. The van der Waals surface area contributed by atoms with Crippen molar-refractivity contribution in [2.75, 3.05) is 26.2 Å². The van der Waals surface area contributed by atoms with E-state index in [9.17, 15) is 18.8 Å². The predicted molar refractivity (Wildman–Crippen MR) is 97.3 cm³/mol. The monoisotopic (exact) mass is 379 g/mol. The number of rotatable bonds is 6. The topological polar surface area (TPSA) is 79.0 Å². The molecule has 1 aliphatic heterocycles. The molecule has 3 amide bonds. The minimum absolute atomic E-state index is 0.0384.